The molecule has 4 nitrogen and oxygen atoms in total. The third-order valence-electron chi connectivity index (χ3n) is 5.20. The Kier molecular flexibility index (Phi) is 7.73. The standard InChI is InChI=1S/C22H32O4/c1-16-8-7-9-17(2)12-14-22(5,19(24)11-10-16)15-13-18(23)21(3,4)20(25)26-6/h8,12-13,15H,7,9-11,14H2,1-6H3/b15-13+,16-8+,17-12+. The molecule has 1 aliphatic rings. The molecular weight excluding hydrogens is 328 g/mol. The third kappa shape index (κ3) is 5.79. The van der Waals surface area contributed by atoms with E-state index in [1.165, 1.54) is 38.2 Å². The van der Waals surface area contributed by atoms with Gasteiger partial charge in [-0.05, 0) is 66.4 Å². The summed E-state index contributed by atoms with van der Waals surface area (Å²) in [6.45, 7) is 9.06. The maximum absolute atomic E-state index is 12.9. The summed E-state index contributed by atoms with van der Waals surface area (Å²) in [7, 11) is 1.26. The van der Waals surface area contributed by atoms with E-state index in [-0.39, 0.29) is 11.6 Å². The van der Waals surface area contributed by atoms with E-state index in [2.05, 4.69) is 26.0 Å². The summed E-state index contributed by atoms with van der Waals surface area (Å²) in [5.41, 5.74) is 0.448. The van der Waals surface area contributed by atoms with Crippen LogP contribution in [0.1, 0.15) is 66.7 Å². The highest BCUT2D eigenvalue weighted by atomic mass is 16.5. The zero-order chi connectivity index (χ0) is 20.0. The molecular formula is C22H32O4. The van der Waals surface area contributed by atoms with E-state index in [1.54, 1.807) is 6.08 Å². The predicted octanol–water partition coefficient (Wildman–Crippen LogP) is 4.74. The maximum Gasteiger partial charge on any atom is 0.319 e. The van der Waals surface area contributed by atoms with Gasteiger partial charge in [0.05, 0.1) is 7.11 Å². The maximum atomic E-state index is 12.9. The van der Waals surface area contributed by atoms with Crippen molar-refractivity contribution < 1.29 is 19.1 Å². The first kappa shape index (κ1) is 22.1. The normalized spacial score (nSPS) is 27.1. The Labute approximate surface area is 157 Å². The van der Waals surface area contributed by atoms with Crippen LogP contribution < -0.4 is 0 Å². The lowest BCUT2D eigenvalue weighted by Gasteiger charge is -2.24. The Bertz CT molecular complexity index is 649. The molecule has 0 aliphatic heterocycles. The Morgan fingerprint density at radius 3 is 2.35 bits per heavy atom. The minimum atomic E-state index is -1.26. The highest BCUT2D eigenvalue weighted by Gasteiger charge is 2.36. The molecule has 1 unspecified atom stereocenters. The number of ether oxygens (including phenoxy) is 1. The van der Waals surface area contributed by atoms with Gasteiger partial charge in [-0.3, -0.25) is 14.4 Å². The van der Waals surface area contributed by atoms with Crippen LogP contribution in [0.2, 0.25) is 0 Å². The number of rotatable bonds is 4. The monoisotopic (exact) mass is 360 g/mol. The van der Waals surface area contributed by atoms with Crippen molar-refractivity contribution in [3.05, 3.63) is 35.5 Å². The van der Waals surface area contributed by atoms with Crippen molar-refractivity contribution in [2.24, 2.45) is 10.8 Å². The van der Waals surface area contributed by atoms with Gasteiger partial charge < -0.3 is 4.74 Å². The van der Waals surface area contributed by atoms with Gasteiger partial charge in [0.2, 0.25) is 0 Å². The van der Waals surface area contributed by atoms with Crippen LogP contribution in [-0.4, -0.2) is 24.6 Å². The number of hydrogen-bond donors (Lipinski definition) is 0. The van der Waals surface area contributed by atoms with E-state index < -0.39 is 16.8 Å². The molecule has 144 valence electrons. The van der Waals surface area contributed by atoms with Gasteiger partial charge in [-0.2, -0.15) is 0 Å². The largest absolute Gasteiger partial charge is 0.468 e. The lowest BCUT2D eigenvalue weighted by atomic mass is 9.78. The summed E-state index contributed by atoms with van der Waals surface area (Å²) in [6.07, 6.45) is 11.0. The summed E-state index contributed by atoms with van der Waals surface area (Å²) in [4.78, 5) is 37.2. The van der Waals surface area contributed by atoms with Crippen LogP contribution in [0.5, 0.6) is 0 Å². The van der Waals surface area contributed by atoms with Gasteiger partial charge >= 0.3 is 5.97 Å². The molecule has 0 saturated carbocycles. The molecule has 0 bridgehead atoms. The molecule has 1 atom stereocenters. The Morgan fingerprint density at radius 2 is 1.73 bits per heavy atom. The van der Waals surface area contributed by atoms with E-state index >= 15 is 0 Å². The fourth-order valence-corrected chi connectivity index (χ4v) is 2.83. The fraction of sp³-hybridized carbons (Fsp3) is 0.591. The van der Waals surface area contributed by atoms with Gasteiger partial charge in [0.25, 0.3) is 0 Å². The van der Waals surface area contributed by atoms with Crippen molar-refractivity contribution in [2.75, 3.05) is 7.11 Å². The average Bonchev–Trinajstić information content (AvgIpc) is 2.62. The van der Waals surface area contributed by atoms with Crippen molar-refractivity contribution in [2.45, 2.75) is 66.7 Å². The summed E-state index contributed by atoms with van der Waals surface area (Å²) >= 11 is 0. The quantitative estimate of drug-likeness (QED) is 0.314. The van der Waals surface area contributed by atoms with Crippen LogP contribution in [0.4, 0.5) is 0 Å². The summed E-state index contributed by atoms with van der Waals surface area (Å²) < 4.78 is 4.70. The number of methoxy groups -OCH3 is 1. The second-order valence-corrected chi connectivity index (χ2v) is 8.00. The van der Waals surface area contributed by atoms with Crippen molar-refractivity contribution >= 4 is 17.5 Å². The van der Waals surface area contributed by atoms with Crippen LogP contribution in [0, 0.1) is 10.8 Å². The van der Waals surface area contributed by atoms with Gasteiger partial charge in [0.15, 0.2) is 5.78 Å². The Hall–Kier alpha value is -1.97. The van der Waals surface area contributed by atoms with Gasteiger partial charge in [0, 0.05) is 11.8 Å². The third-order valence-corrected chi connectivity index (χ3v) is 5.20. The molecule has 0 amide bonds. The van der Waals surface area contributed by atoms with Crippen molar-refractivity contribution in [3.8, 4) is 0 Å². The molecule has 0 N–H and O–H groups in total. The summed E-state index contributed by atoms with van der Waals surface area (Å²) in [6, 6.07) is 0. The molecule has 4 heteroatoms. The van der Waals surface area contributed by atoms with Gasteiger partial charge in [-0.25, -0.2) is 0 Å². The molecule has 0 fully saturated rings. The van der Waals surface area contributed by atoms with Crippen LogP contribution in [-0.2, 0) is 19.1 Å². The van der Waals surface area contributed by atoms with Crippen LogP contribution in [0.3, 0.4) is 0 Å². The molecule has 1 rings (SSSR count). The minimum Gasteiger partial charge on any atom is -0.468 e. The van der Waals surface area contributed by atoms with Gasteiger partial charge in [-0.15, -0.1) is 0 Å². The smallest absolute Gasteiger partial charge is 0.319 e. The Balaban J connectivity index is 3.11. The molecule has 0 aromatic heterocycles. The van der Waals surface area contributed by atoms with E-state index in [9.17, 15) is 14.4 Å². The Morgan fingerprint density at radius 1 is 1.12 bits per heavy atom. The minimum absolute atomic E-state index is 0.108. The first-order chi connectivity index (χ1) is 12.0. The van der Waals surface area contributed by atoms with Crippen molar-refractivity contribution in [3.63, 3.8) is 0 Å². The highest BCUT2D eigenvalue weighted by molar-refractivity contribution is 6.08. The number of Topliss-reactive ketones (excluding diaryl/α,β-unsaturated/α-hetero) is 1. The van der Waals surface area contributed by atoms with Crippen molar-refractivity contribution in [1.82, 2.24) is 0 Å². The SMILES string of the molecule is COC(=O)C(C)(C)C(=O)/C=C/C1(C)C/C=C(\C)CC/C=C(\C)CCC1=O. The first-order valence-corrected chi connectivity index (χ1v) is 9.19. The average molecular weight is 360 g/mol. The second-order valence-electron chi connectivity index (χ2n) is 8.00. The number of carbonyl (C=O) groups excluding carboxylic acids is 3. The fourth-order valence-electron chi connectivity index (χ4n) is 2.83. The molecule has 0 heterocycles. The molecule has 1 aliphatic carbocycles. The number of allylic oxidation sites excluding steroid dienone is 6. The first-order valence-electron chi connectivity index (χ1n) is 9.19. The highest BCUT2D eigenvalue weighted by Crippen LogP contribution is 2.31. The van der Waals surface area contributed by atoms with Crippen LogP contribution in [0.15, 0.2) is 35.5 Å². The van der Waals surface area contributed by atoms with Crippen LogP contribution >= 0.6 is 0 Å². The summed E-state index contributed by atoms with van der Waals surface area (Å²) in [5.74, 6) is -0.830. The number of esters is 1. The van der Waals surface area contributed by atoms with E-state index in [0.717, 1.165) is 19.3 Å². The molecule has 26 heavy (non-hydrogen) atoms. The number of ketones is 2. The van der Waals surface area contributed by atoms with Gasteiger partial charge in [-0.1, -0.05) is 29.4 Å². The number of carbonyl (C=O) groups is 3. The van der Waals surface area contributed by atoms with Crippen molar-refractivity contribution in [1.29, 1.82) is 0 Å². The molecule has 0 aromatic rings. The lowest BCUT2D eigenvalue weighted by molar-refractivity contribution is -0.154. The van der Waals surface area contributed by atoms with E-state index in [4.69, 9.17) is 4.74 Å². The molecule has 0 saturated heterocycles. The molecule has 0 spiro atoms. The topological polar surface area (TPSA) is 60.4 Å². The molecule has 0 radical (unpaired) electrons. The predicted molar refractivity (Wildman–Crippen MR) is 104 cm³/mol. The zero-order valence-corrected chi connectivity index (χ0v) is 17.0. The lowest BCUT2D eigenvalue weighted by Crippen LogP contribution is -2.34. The molecule has 0 aromatic carbocycles. The van der Waals surface area contributed by atoms with E-state index in [0.29, 0.717) is 12.8 Å². The number of hydrogen-bond acceptors (Lipinski definition) is 4. The van der Waals surface area contributed by atoms with E-state index in [1.807, 2.05) is 6.92 Å². The second kappa shape index (κ2) is 9.11. The van der Waals surface area contributed by atoms with Gasteiger partial charge in [0.1, 0.15) is 11.2 Å². The zero-order valence-electron chi connectivity index (χ0n) is 17.0. The summed E-state index contributed by atoms with van der Waals surface area (Å²) in [5, 5.41) is 0. The van der Waals surface area contributed by atoms with Crippen LogP contribution in [0.25, 0.3) is 0 Å².